The van der Waals surface area contributed by atoms with Gasteiger partial charge in [-0.05, 0) is 0 Å². The number of ether oxygens (including phenoxy) is 3. The van der Waals surface area contributed by atoms with Crippen molar-refractivity contribution >= 4 is 18.4 Å². The predicted molar refractivity (Wildman–Crippen MR) is 61.8 cm³/mol. The highest BCUT2D eigenvalue weighted by atomic mass is 16.6. The standard InChI is InChI=1S/C10H14O5.CH2O2/c1-3-9(11)14-7-5-13-6-8-15-10(12)4-2;2-1-3/h3-4H,1-2,5-8H2;1H,(H,2,3). The zero-order valence-corrected chi connectivity index (χ0v) is 9.87. The van der Waals surface area contributed by atoms with Crippen molar-refractivity contribution in [1.29, 1.82) is 0 Å². The predicted octanol–water partition coefficient (Wildman–Crippen LogP) is 0.162. The number of carbonyl (C=O) groups is 3. The molecule has 0 saturated carbocycles. The molecule has 0 atom stereocenters. The molecule has 0 aliphatic rings. The van der Waals surface area contributed by atoms with Gasteiger partial charge in [-0.3, -0.25) is 4.79 Å². The molecule has 0 aliphatic heterocycles. The molecule has 0 aromatic heterocycles. The molecule has 0 heterocycles. The van der Waals surface area contributed by atoms with Crippen LogP contribution in [-0.4, -0.2) is 49.9 Å². The average molecular weight is 260 g/mol. The minimum absolute atomic E-state index is 0.153. The van der Waals surface area contributed by atoms with E-state index in [-0.39, 0.29) is 32.9 Å². The quantitative estimate of drug-likeness (QED) is 0.287. The normalized spacial score (nSPS) is 8.22. The Hall–Kier alpha value is -2.15. The molecule has 0 amide bonds. The summed E-state index contributed by atoms with van der Waals surface area (Å²) in [6, 6.07) is 0. The lowest BCUT2D eigenvalue weighted by atomic mass is 10.6. The molecule has 0 aromatic carbocycles. The van der Waals surface area contributed by atoms with Gasteiger partial charge in [-0.2, -0.15) is 0 Å². The van der Waals surface area contributed by atoms with E-state index in [4.69, 9.17) is 14.6 Å². The molecule has 102 valence electrons. The topological polar surface area (TPSA) is 99.1 Å². The van der Waals surface area contributed by atoms with Gasteiger partial charge < -0.3 is 19.3 Å². The van der Waals surface area contributed by atoms with Gasteiger partial charge >= 0.3 is 11.9 Å². The smallest absolute Gasteiger partial charge is 0.330 e. The van der Waals surface area contributed by atoms with Crippen LogP contribution in [0.25, 0.3) is 0 Å². The summed E-state index contributed by atoms with van der Waals surface area (Å²) in [5, 5.41) is 6.89. The highest BCUT2D eigenvalue weighted by molar-refractivity contribution is 5.81. The van der Waals surface area contributed by atoms with Crippen molar-refractivity contribution in [2.75, 3.05) is 26.4 Å². The summed E-state index contributed by atoms with van der Waals surface area (Å²) >= 11 is 0. The molecule has 18 heavy (non-hydrogen) atoms. The zero-order chi connectivity index (χ0) is 14.2. The Morgan fingerprint density at radius 3 is 1.56 bits per heavy atom. The zero-order valence-electron chi connectivity index (χ0n) is 9.87. The number of hydrogen-bond donors (Lipinski definition) is 1. The highest BCUT2D eigenvalue weighted by Gasteiger charge is 1.96. The van der Waals surface area contributed by atoms with Crippen molar-refractivity contribution in [3.05, 3.63) is 25.3 Å². The molecular weight excluding hydrogens is 244 g/mol. The van der Waals surface area contributed by atoms with Crippen molar-refractivity contribution in [3.8, 4) is 0 Å². The summed E-state index contributed by atoms with van der Waals surface area (Å²) in [5.74, 6) is -0.978. The molecule has 0 fully saturated rings. The van der Waals surface area contributed by atoms with Gasteiger partial charge in [-0.25, -0.2) is 9.59 Å². The van der Waals surface area contributed by atoms with E-state index < -0.39 is 11.9 Å². The number of carboxylic acid groups (broad SMARTS) is 1. The van der Waals surface area contributed by atoms with E-state index in [1.165, 1.54) is 0 Å². The van der Waals surface area contributed by atoms with Crippen LogP contribution in [0.2, 0.25) is 0 Å². The minimum atomic E-state index is -0.489. The Labute approximate surface area is 105 Å². The Balaban J connectivity index is 0. The van der Waals surface area contributed by atoms with E-state index in [1.807, 2.05) is 0 Å². The molecule has 7 nitrogen and oxygen atoms in total. The van der Waals surface area contributed by atoms with Crippen LogP contribution in [0.3, 0.4) is 0 Å². The third kappa shape index (κ3) is 16.3. The third-order valence-electron chi connectivity index (χ3n) is 1.28. The lowest BCUT2D eigenvalue weighted by Crippen LogP contribution is -2.12. The van der Waals surface area contributed by atoms with Crippen LogP contribution in [0.1, 0.15) is 0 Å². The van der Waals surface area contributed by atoms with E-state index in [1.54, 1.807) is 0 Å². The fraction of sp³-hybridized carbons (Fsp3) is 0.364. The molecule has 0 bridgehead atoms. The molecule has 0 saturated heterocycles. The van der Waals surface area contributed by atoms with Crippen molar-refractivity contribution in [3.63, 3.8) is 0 Å². The Kier molecular flexibility index (Phi) is 15.0. The molecule has 1 N–H and O–H groups in total. The van der Waals surface area contributed by atoms with Crippen LogP contribution >= 0.6 is 0 Å². The van der Waals surface area contributed by atoms with Gasteiger partial charge in [0.15, 0.2) is 0 Å². The maximum absolute atomic E-state index is 10.6. The van der Waals surface area contributed by atoms with E-state index >= 15 is 0 Å². The third-order valence-corrected chi connectivity index (χ3v) is 1.28. The van der Waals surface area contributed by atoms with Gasteiger partial charge in [0.2, 0.25) is 0 Å². The lowest BCUT2D eigenvalue weighted by Gasteiger charge is -2.04. The van der Waals surface area contributed by atoms with Crippen LogP contribution in [0, 0.1) is 0 Å². The first-order chi connectivity index (χ1) is 8.62. The van der Waals surface area contributed by atoms with E-state index in [2.05, 4.69) is 22.6 Å². The molecule has 0 radical (unpaired) electrons. The van der Waals surface area contributed by atoms with E-state index in [0.29, 0.717) is 0 Å². The second kappa shape index (κ2) is 14.8. The number of carbonyl (C=O) groups excluding carboxylic acids is 2. The minimum Gasteiger partial charge on any atom is -0.483 e. The Bertz CT molecular complexity index is 249. The van der Waals surface area contributed by atoms with Gasteiger partial charge in [0.1, 0.15) is 13.2 Å². The van der Waals surface area contributed by atoms with Crippen LogP contribution < -0.4 is 0 Å². The van der Waals surface area contributed by atoms with Gasteiger partial charge in [0.25, 0.3) is 6.47 Å². The van der Waals surface area contributed by atoms with Crippen molar-refractivity contribution < 1.29 is 33.7 Å². The first-order valence-corrected chi connectivity index (χ1v) is 4.86. The fourth-order valence-corrected chi connectivity index (χ4v) is 0.622. The summed E-state index contributed by atoms with van der Waals surface area (Å²) < 4.78 is 14.3. The second-order valence-electron chi connectivity index (χ2n) is 2.46. The van der Waals surface area contributed by atoms with Crippen LogP contribution in [0.5, 0.6) is 0 Å². The van der Waals surface area contributed by atoms with E-state index in [0.717, 1.165) is 12.2 Å². The van der Waals surface area contributed by atoms with Crippen molar-refractivity contribution in [2.24, 2.45) is 0 Å². The summed E-state index contributed by atoms with van der Waals surface area (Å²) in [6.45, 7) is 7.04. The Morgan fingerprint density at radius 1 is 0.944 bits per heavy atom. The summed E-state index contributed by atoms with van der Waals surface area (Å²) in [5.41, 5.74) is 0. The SMILES string of the molecule is C=CC(=O)OCCOCCOC(=O)C=C.O=CO. The molecule has 0 unspecified atom stereocenters. The van der Waals surface area contributed by atoms with E-state index in [9.17, 15) is 9.59 Å². The maximum atomic E-state index is 10.6. The fourth-order valence-electron chi connectivity index (χ4n) is 0.622. The molecule has 0 spiro atoms. The molecule has 0 aromatic rings. The monoisotopic (exact) mass is 260 g/mol. The summed E-state index contributed by atoms with van der Waals surface area (Å²) in [4.78, 5) is 29.5. The van der Waals surface area contributed by atoms with Crippen molar-refractivity contribution in [2.45, 2.75) is 0 Å². The van der Waals surface area contributed by atoms with Crippen LogP contribution in [0.4, 0.5) is 0 Å². The largest absolute Gasteiger partial charge is 0.483 e. The summed E-state index contributed by atoms with van der Waals surface area (Å²) in [7, 11) is 0. The van der Waals surface area contributed by atoms with Gasteiger partial charge in [-0.15, -0.1) is 0 Å². The van der Waals surface area contributed by atoms with Gasteiger partial charge in [0, 0.05) is 12.2 Å². The molecular formula is C11H16O7. The number of hydrogen-bond acceptors (Lipinski definition) is 6. The van der Waals surface area contributed by atoms with Crippen LogP contribution in [0.15, 0.2) is 25.3 Å². The first kappa shape index (κ1) is 18.2. The van der Waals surface area contributed by atoms with Gasteiger partial charge in [-0.1, -0.05) is 13.2 Å². The average Bonchev–Trinajstić information content (AvgIpc) is 2.37. The van der Waals surface area contributed by atoms with Gasteiger partial charge in [0.05, 0.1) is 13.2 Å². The molecule has 7 heteroatoms. The first-order valence-electron chi connectivity index (χ1n) is 4.86. The summed E-state index contributed by atoms with van der Waals surface area (Å²) in [6.07, 6.45) is 2.15. The number of rotatable bonds is 8. The maximum Gasteiger partial charge on any atom is 0.330 e. The second-order valence-corrected chi connectivity index (χ2v) is 2.46. The molecule has 0 rings (SSSR count). The lowest BCUT2D eigenvalue weighted by molar-refractivity contribution is -0.140. The Morgan fingerprint density at radius 2 is 1.28 bits per heavy atom. The number of esters is 2. The molecule has 0 aliphatic carbocycles. The van der Waals surface area contributed by atoms with Crippen LogP contribution in [-0.2, 0) is 28.6 Å². The highest BCUT2D eigenvalue weighted by Crippen LogP contribution is 1.83. The van der Waals surface area contributed by atoms with Crippen molar-refractivity contribution in [1.82, 2.24) is 0 Å².